The maximum Gasteiger partial charge on any atom is 0.151 e. The lowest BCUT2D eigenvalue weighted by Crippen LogP contribution is -2.16. The number of rotatable bonds is 3. The number of ether oxygens (including phenoxy) is 2. The van der Waals surface area contributed by atoms with Crippen molar-refractivity contribution in [2.24, 2.45) is 0 Å². The van der Waals surface area contributed by atoms with Crippen molar-refractivity contribution in [2.45, 2.75) is 11.4 Å². The van der Waals surface area contributed by atoms with Crippen molar-refractivity contribution < 1.29 is 9.47 Å². The summed E-state index contributed by atoms with van der Waals surface area (Å²) in [4.78, 5) is 0.937. The molecule has 2 heterocycles. The Bertz CT molecular complexity index is 566. The average Bonchev–Trinajstić information content (AvgIpc) is 3.00. The van der Waals surface area contributed by atoms with Crippen molar-refractivity contribution >= 4 is 23.1 Å². The summed E-state index contributed by atoms with van der Waals surface area (Å²) in [6, 6.07) is 4.24. The van der Waals surface area contributed by atoms with Gasteiger partial charge in [-0.25, -0.2) is 0 Å². The fourth-order valence-corrected chi connectivity index (χ4v) is 4.24. The Balaban J connectivity index is 2.37. The number of thiophene rings is 1. The highest BCUT2D eigenvalue weighted by Gasteiger charge is 2.35. The molecule has 2 rings (SSSR count). The van der Waals surface area contributed by atoms with E-state index in [0.717, 1.165) is 4.88 Å². The van der Waals surface area contributed by atoms with Crippen LogP contribution in [0.15, 0.2) is 16.4 Å². The average molecular weight is 278 g/mol. The van der Waals surface area contributed by atoms with E-state index in [0.29, 0.717) is 16.9 Å². The van der Waals surface area contributed by atoms with E-state index in [-0.39, 0.29) is 11.4 Å². The maximum atomic E-state index is 9.02. The van der Waals surface area contributed by atoms with E-state index in [4.69, 9.17) is 20.0 Å². The Kier molecular flexibility index (Phi) is 3.93. The Hall–Kier alpha value is -1.47. The Morgan fingerprint density at radius 2 is 2.06 bits per heavy atom. The number of nitriles is 2. The molecule has 1 aromatic rings. The van der Waals surface area contributed by atoms with Gasteiger partial charge in [-0.3, -0.25) is 0 Å². The van der Waals surface area contributed by atoms with Gasteiger partial charge in [-0.05, 0) is 5.41 Å². The molecule has 1 aliphatic rings. The van der Waals surface area contributed by atoms with Crippen molar-refractivity contribution in [3.8, 4) is 17.9 Å². The van der Waals surface area contributed by atoms with Crippen LogP contribution >= 0.6 is 23.1 Å². The molecule has 0 amide bonds. The summed E-state index contributed by atoms with van der Waals surface area (Å²) in [7, 11) is 3.13. The van der Waals surface area contributed by atoms with Crippen LogP contribution in [0.4, 0.5) is 0 Å². The summed E-state index contributed by atoms with van der Waals surface area (Å²) < 4.78 is 10.7. The monoisotopic (exact) mass is 278 g/mol. The first-order valence-corrected chi connectivity index (χ1v) is 6.93. The van der Waals surface area contributed by atoms with Crippen LogP contribution in [0.5, 0.6) is 5.75 Å². The second-order valence-electron chi connectivity index (χ2n) is 3.56. The van der Waals surface area contributed by atoms with E-state index in [1.807, 2.05) is 5.41 Å². The van der Waals surface area contributed by atoms with E-state index in [1.54, 1.807) is 19.6 Å². The van der Waals surface area contributed by atoms with E-state index in [1.165, 1.54) is 23.1 Å². The second kappa shape index (κ2) is 5.45. The molecule has 0 fully saturated rings. The summed E-state index contributed by atoms with van der Waals surface area (Å²) in [5.74, 6) is 0.592. The Morgan fingerprint density at radius 1 is 1.28 bits per heavy atom. The SMILES string of the molecule is COc1c(C#N)csc1C1SC=C(C#N)[C@H]1OC. The number of hydrogen-bond acceptors (Lipinski definition) is 6. The summed E-state index contributed by atoms with van der Waals surface area (Å²) in [5, 5.41) is 21.6. The van der Waals surface area contributed by atoms with Gasteiger partial charge in [-0.1, -0.05) is 0 Å². The van der Waals surface area contributed by atoms with Crippen LogP contribution in [0.1, 0.15) is 15.7 Å². The van der Waals surface area contributed by atoms with E-state index >= 15 is 0 Å². The van der Waals surface area contributed by atoms with E-state index < -0.39 is 0 Å². The molecule has 0 N–H and O–H groups in total. The van der Waals surface area contributed by atoms with Gasteiger partial charge in [0.2, 0.25) is 0 Å². The normalized spacial score (nSPS) is 22.1. The van der Waals surface area contributed by atoms with Gasteiger partial charge in [0.15, 0.2) is 5.75 Å². The van der Waals surface area contributed by atoms with Crippen LogP contribution in [0.2, 0.25) is 0 Å². The molecule has 6 heteroatoms. The minimum atomic E-state index is -0.279. The minimum Gasteiger partial charge on any atom is -0.494 e. The molecule has 0 aromatic carbocycles. The first-order valence-electron chi connectivity index (χ1n) is 5.10. The van der Waals surface area contributed by atoms with Crippen molar-refractivity contribution in [1.29, 1.82) is 10.5 Å². The predicted molar refractivity (Wildman–Crippen MR) is 70.4 cm³/mol. The molecule has 18 heavy (non-hydrogen) atoms. The highest BCUT2D eigenvalue weighted by atomic mass is 32.2. The fourth-order valence-electron chi connectivity index (χ4n) is 1.83. The molecule has 0 saturated carbocycles. The van der Waals surface area contributed by atoms with Crippen LogP contribution in [0, 0.1) is 22.7 Å². The van der Waals surface area contributed by atoms with Gasteiger partial charge in [-0.2, -0.15) is 10.5 Å². The maximum absolute atomic E-state index is 9.02. The summed E-state index contributed by atoms with van der Waals surface area (Å²) in [5.41, 5.74) is 1.14. The van der Waals surface area contributed by atoms with Crippen molar-refractivity contribution in [3.63, 3.8) is 0 Å². The largest absolute Gasteiger partial charge is 0.494 e. The molecule has 1 unspecified atom stereocenters. The number of methoxy groups -OCH3 is 2. The Morgan fingerprint density at radius 3 is 2.61 bits per heavy atom. The van der Waals surface area contributed by atoms with Crippen LogP contribution in [-0.2, 0) is 4.74 Å². The molecule has 92 valence electrons. The first kappa shape index (κ1) is 13.0. The molecule has 2 atom stereocenters. The third kappa shape index (κ3) is 1.99. The highest BCUT2D eigenvalue weighted by Crippen LogP contribution is 2.49. The summed E-state index contributed by atoms with van der Waals surface area (Å²) >= 11 is 2.99. The zero-order valence-corrected chi connectivity index (χ0v) is 11.5. The summed E-state index contributed by atoms with van der Waals surface area (Å²) in [6.45, 7) is 0. The molecule has 0 spiro atoms. The fraction of sp³-hybridized carbons (Fsp3) is 0.333. The molecular weight excluding hydrogens is 268 g/mol. The van der Waals surface area contributed by atoms with Gasteiger partial charge < -0.3 is 9.47 Å². The predicted octanol–water partition coefficient (Wildman–Crippen LogP) is 2.84. The molecule has 0 radical (unpaired) electrons. The molecular formula is C12H10N2O2S2. The van der Waals surface area contributed by atoms with Crippen LogP contribution < -0.4 is 4.74 Å². The van der Waals surface area contributed by atoms with E-state index in [9.17, 15) is 0 Å². The van der Waals surface area contributed by atoms with Crippen LogP contribution in [-0.4, -0.2) is 20.3 Å². The minimum absolute atomic E-state index is 0.0216. The van der Waals surface area contributed by atoms with Gasteiger partial charge in [-0.15, -0.1) is 23.1 Å². The van der Waals surface area contributed by atoms with Gasteiger partial charge >= 0.3 is 0 Å². The number of thioether (sulfide) groups is 1. The van der Waals surface area contributed by atoms with Crippen molar-refractivity contribution in [3.05, 3.63) is 26.8 Å². The molecule has 0 aliphatic carbocycles. The molecule has 0 bridgehead atoms. The van der Waals surface area contributed by atoms with Crippen molar-refractivity contribution in [1.82, 2.24) is 0 Å². The topological polar surface area (TPSA) is 66.0 Å². The molecule has 0 saturated heterocycles. The lowest BCUT2D eigenvalue weighted by atomic mass is 10.1. The molecule has 1 aliphatic heterocycles. The zero-order valence-electron chi connectivity index (χ0n) is 9.84. The van der Waals surface area contributed by atoms with E-state index in [2.05, 4.69) is 12.1 Å². The third-order valence-electron chi connectivity index (χ3n) is 2.66. The van der Waals surface area contributed by atoms with Crippen LogP contribution in [0.3, 0.4) is 0 Å². The quantitative estimate of drug-likeness (QED) is 0.850. The number of nitrogens with zero attached hydrogens (tertiary/aromatic N) is 2. The lowest BCUT2D eigenvalue weighted by Gasteiger charge is -2.18. The first-order chi connectivity index (χ1) is 8.76. The zero-order chi connectivity index (χ0) is 13.1. The summed E-state index contributed by atoms with van der Waals surface area (Å²) in [6.07, 6.45) is -0.279. The molecule has 4 nitrogen and oxygen atoms in total. The molecule has 1 aromatic heterocycles. The standard InChI is InChI=1S/C12H10N2O2S2/c1-15-9-7(3-13)5-17-11(9)12-10(16-2)8(4-14)6-18-12/h5-6,9,11H,1-2H3/t9-,11?/m1/s1. The van der Waals surface area contributed by atoms with Gasteiger partial charge in [0.25, 0.3) is 0 Å². The van der Waals surface area contributed by atoms with Gasteiger partial charge in [0.05, 0.1) is 28.9 Å². The van der Waals surface area contributed by atoms with Gasteiger partial charge in [0, 0.05) is 12.5 Å². The van der Waals surface area contributed by atoms with Crippen molar-refractivity contribution in [2.75, 3.05) is 14.2 Å². The van der Waals surface area contributed by atoms with Gasteiger partial charge in [0.1, 0.15) is 17.7 Å². The number of hydrogen-bond donors (Lipinski definition) is 0. The lowest BCUT2D eigenvalue weighted by molar-refractivity contribution is 0.135. The smallest absolute Gasteiger partial charge is 0.151 e. The van der Waals surface area contributed by atoms with Crippen LogP contribution in [0.25, 0.3) is 0 Å². The second-order valence-corrected chi connectivity index (χ2v) is 5.48. The Labute approximate surface area is 113 Å². The highest BCUT2D eigenvalue weighted by molar-refractivity contribution is 8.02. The third-order valence-corrected chi connectivity index (χ3v) is 5.02.